The van der Waals surface area contributed by atoms with Gasteiger partial charge in [0.1, 0.15) is 6.04 Å². The zero-order valence-electron chi connectivity index (χ0n) is 18.4. The number of aryl methyl sites for hydroxylation is 1. The zero-order chi connectivity index (χ0) is 23.9. The molecule has 0 N–H and O–H groups in total. The maximum atomic E-state index is 13.6. The van der Waals surface area contributed by atoms with E-state index in [0.29, 0.717) is 18.4 Å². The van der Waals surface area contributed by atoms with Crippen molar-refractivity contribution in [3.8, 4) is 0 Å². The van der Waals surface area contributed by atoms with E-state index in [4.69, 9.17) is 23.2 Å². The molecule has 0 unspecified atom stereocenters. The maximum Gasteiger partial charge on any atom is 0.273 e. The van der Waals surface area contributed by atoms with E-state index in [1.807, 2.05) is 6.92 Å². The number of carbonyl (C=O) groups is 4. The molecule has 172 valence electrons. The molecule has 4 rings (SSSR count). The largest absolute Gasteiger partial charge is 0.292 e. The van der Waals surface area contributed by atoms with Crippen LogP contribution in [0.3, 0.4) is 0 Å². The number of nitrogens with zero attached hydrogens (tertiary/aromatic N) is 2. The number of ketones is 1. The van der Waals surface area contributed by atoms with Crippen LogP contribution >= 0.6 is 23.2 Å². The second-order valence-electron chi connectivity index (χ2n) is 8.67. The highest BCUT2D eigenvalue weighted by Crippen LogP contribution is 2.39. The standard InChI is InChI=1S/C25H24Cl2N2O4/c1-14-7-9-16(10-8-14)22(30)15(2)28(23(31)17-11-12-20(26)21(27)13-17)29-24(32)18-5-3-4-6-19(18)25(29)33/h7-13,15,18-19H,3-6H2,1-2H3/t15-,18+,19+/m0/s1. The van der Waals surface area contributed by atoms with Crippen molar-refractivity contribution < 1.29 is 19.2 Å². The highest BCUT2D eigenvalue weighted by atomic mass is 35.5. The highest BCUT2D eigenvalue weighted by molar-refractivity contribution is 6.42. The third-order valence-corrected chi connectivity index (χ3v) is 7.23. The molecular formula is C25H24Cl2N2O4. The number of hydrogen-bond donors (Lipinski definition) is 0. The van der Waals surface area contributed by atoms with Crippen molar-refractivity contribution in [1.29, 1.82) is 0 Å². The molecule has 2 fully saturated rings. The third-order valence-electron chi connectivity index (χ3n) is 6.49. The van der Waals surface area contributed by atoms with Crippen LogP contribution in [-0.2, 0) is 9.59 Å². The average Bonchev–Trinajstić information content (AvgIpc) is 3.06. The molecule has 1 saturated heterocycles. The summed E-state index contributed by atoms with van der Waals surface area (Å²) in [5, 5.41) is 2.34. The van der Waals surface area contributed by atoms with Gasteiger partial charge in [-0.15, -0.1) is 0 Å². The van der Waals surface area contributed by atoms with Crippen molar-refractivity contribution >= 4 is 46.7 Å². The van der Waals surface area contributed by atoms with Gasteiger partial charge >= 0.3 is 0 Å². The van der Waals surface area contributed by atoms with Gasteiger partial charge in [0.15, 0.2) is 5.78 Å². The van der Waals surface area contributed by atoms with Crippen molar-refractivity contribution in [2.24, 2.45) is 11.8 Å². The zero-order valence-corrected chi connectivity index (χ0v) is 19.9. The molecule has 33 heavy (non-hydrogen) atoms. The van der Waals surface area contributed by atoms with Crippen molar-refractivity contribution in [3.63, 3.8) is 0 Å². The van der Waals surface area contributed by atoms with E-state index < -0.39 is 35.6 Å². The Morgan fingerprint density at radius 1 is 0.909 bits per heavy atom. The molecule has 0 radical (unpaired) electrons. The predicted octanol–water partition coefficient (Wildman–Crippen LogP) is 5.11. The summed E-state index contributed by atoms with van der Waals surface area (Å²) in [6.07, 6.45) is 2.90. The third kappa shape index (κ3) is 4.30. The fourth-order valence-electron chi connectivity index (χ4n) is 4.63. The smallest absolute Gasteiger partial charge is 0.273 e. The molecule has 0 bridgehead atoms. The Morgan fingerprint density at radius 2 is 1.45 bits per heavy atom. The molecule has 0 aromatic heterocycles. The van der Waals surface area contributed by atoms with Crippen LogP contribution in [0.1, 0.15) is 58.9 Å². The monoisotopic (exact) mass is 486 g/mol. The minimum Gasteiger partial charge on any atom is -0.292 e. The second kappa shape index (κ2) is 9.27. The van der Waals surface area contributed by atoms with Gasteiger partial charge < -0.3 is 0 Å². The number of fused-ring (bicyclic) bond motifs is 1. The van der Waals surface area contributed by atoms with E-state index in [1.54, 1.807) is 24.3 Å². The lowest BCUT2D eigenvalue weighted by Crippen LogP contribution is -2.56. The van der Waals surface area contributed by atoms with Gasteiger partial charge in [-0.1, -0.05) is 65.9 Å². The van der Waals surface area contributed by atoms with Gasteiger partial charge in [-0.2, -0.15) is 5.01 Å². The molecule has 3 amide bonds. The SMILES string of the molecule is Cc1ccc(C(=O)[C@H](C)N(C(=O)c2ccc(Cl)c(Cl)c2)N2C(=O)[C@@H]3CCCC[C@H]3C2=O)cc1. The summed E-state index contributed by atoms with van der Waals surface area (Å²) in [5.41, 5.74) is 1.50. The molecule has 3 atom stereocenters. The first-order chi connectivity index (χ1) is 15.7. The Kier molecular flexibility index (Phi) is 6.59. The van der Waals surface area contributed by atoms with E-state index >= 15 is 0 Å². The first-order valence-electron chi connectivity index (χ1n) is 11.0. The Labute approximate surface area is 202 Å². The number of benzene rings is 2. The van der Waals surface area contributed by atoms with E-state index in [2.05, 4.69) is 0 Å². The fraction of sp³-hybridized carbons (Fsp3) is 0.360. The van der Waals surface area contributed by atoms with Crippen LogP contribution < -0.4 is 0 Å². The molecule has 1 saturated carbocycles. The highest BCUT2D eigenvalue weighted by Gasteiger charge is 2.53. The van der Waals surface area contributed by atoms with E-state index in [-0.39, 0.29) is 21.4 Å². The Hall–Kier alpha value is -2.70. The minimum atomic E-state index is -1.09. The van der Waals surface area contributed by atoms with Gasteiger partial charge in [0.2, 0.25) is 0 Å². The number of amides is 3. The second-order valence-corrected chi connectivity index (χ2v) is 9.48. The van der Waals surface area contributed by atoms with E-state index in [1.165, 1.54) is 25.1 Å². The lowest BCUT2D eigenvalue weighted by molar-refractivity contribution is -0.156. The lowest BCUT2D eigenvalue weighted by atomic mass is 9.81. The maximum absolute atomic E-state index is 13.6. The summed E-state index contributed by atoms with van der Waals surface area (Å²) in [4.78, 5) is 53.6. The van der Waals surface area contributed by atoms with E-state index in [9.17, 15) is 19.2 Å². The summed E-state index contributed by atoms with van der Waals surface area (Å²) in [7, 11) is 0. The first-order valence-corrected chi connectivity index (χ1v) is 11.7. The molecule has 0 spiro atoms. The van der Waals surface area contributed by atoms with Crippen LogP contribution in [0.15, 0.2) is 42.5 Å². The van der Waals surface area contributed by atoms with E-state index in [0.717, 1.165) is 28.4 Å². The van der Waals surface area contributed by atoms with Crippen molar-refractivity contribution in [2.75, 3.05) is 0 Å². The van der Waals surface area contributed by atoms with Crippen LogP contribution in [-0.4, -0.2) is 39.6 Å². The van der Waals surface area contributed by atoms with Crippen LogP contribution in [0.25, 0.3) is 0 Å². The molecule has 8 heteroatoms. The van der Waals surface area contributed by atoms with Crippen LogP contribution in [0.4, 0.5) is 0 Å². The first kappa shape index (κ1) is 23.5. The number of hydrogen-bond acceptors (Lipinski definition) is 4. The van der Waals surface area contributed by atoms with Crippen LogP contribution in [0.2, 0.25) is 10.0 Å². The number of hydrazine groups is 1. The van der Waals surface area contributed by atoms with Gasteiger partial charge in [-0.25, -0.2) is 5.01 Å². The van der Waals surface area contributed by atoms with Gasteiger partial charge in [0.25, 0.3) is 17.7 Å². The van der Waals surface area contributed by atoms with Gasteiger partial charge in [-0.3, -0.25) is 19.2 Å². The average molecular weight is 487 g/mol. The molecule has 2 aromatic rings. The van der Waals surface area contributed by atoms with Crippen molar-refractivity contribution in [2.45, 2.75) is 45.6 Å². The Morgan fingerprint density at radius 3 is 2.00 bits per heavy atom. The Balaban J connectivity index is 1.76. The Bertz CT molecular complexity index is 1110. The van der Waals surface area contributed by atoms with Crippen LogP contribution in [0, 0.1) is 18.8 Å². The predicted molar refractivity (Wildman–Crippen MR) is 125 cm³/mol. The number of imide groups is 1. The van der Waals surface area contributed by atoms with Gasteiger partial charge in [-0.05, 0) is 44.9 Å². The van der Waals surface area contributed by atoms with Crippen molar-refractivity contribution in [1.82, 2.24) is 10.0 Å². The summed E-state index contributed by atoms with van der Waals surface area (Å²) in [5.74, 6) is -2.82. The summed E-state index contributed by atoms with van der Waals surface area (Å²) in [6, 6.07) is 10.1. The number of Topliss-reactive ketones (excluding diaryl/α,β-unsaturated/α-hetero) is 1. The van der Waals surface area contributed by atoms with Gasteiger partial charge in [0.05, 0.1) is 21.9 Å². The minimum absolute atomic E-state index is 0.128. The molecule has 2 aromatic carbocycles. The molecule has 1 heterocycles. The number of carbonyl (C=O) groups excluding carboxylic acids is 4. The van der Waals surface area contributed by atoms with Gasteiger partial charge in [0, 0.05) is 11.1 Å². The molecule has 1 aliphatic carbocycles. The fourth-order valence-corrected chi connectivity index (χ4v) is 4.93. The summed E-state index contributed by atoms with van der Waals surface area (Å²) < 4.78 is 0. The molecular weight excluding hydrogens is 463 g/mol. The summed E-state index contributed by atoms with van der Waals surface area (Å²) >= 11 is 12.1. The number of halogens is 2. The normalized spacial score (nSPS) is 21.0. The van der Waals surface area contributed by atoms with Crippen molar-refractivity contribution in [3.05, 3.63) is 69.2 Å². The lowest BCUT2D eigenvalue weighted by Gasteiger charge is -2.34. The quantitative estimate of drug-likeness (QED) is 0.434. The number of rotatable bonds is 5. The molecule has 2 aliphatic rings. The topological polar surface area (TPSA) is 74.8 Å². The summed E-state index contributed by atoms with van der Waals surface area (Å²) in [6.45, 7) is 3.43. The van der Waals surface area contributed by atoms with Crippen LogP contribution in [0.5, 0.6) is 0 Å². The molecule has 6 nitrogen and oxygen atoms in total. The molecule has 1 aliphatic heterocycles.